The van der Waals surface area contributed by atoms with Gasteiger partial charge in [0.05, 0.1) is 36.8 Å². The van der Waals surface area contributed by atoms with E-state index in [9.17, 15) is 14.7 Å². The highest BCUT2D eigenvalue weighted by Gasteiger charge is 2.76. The van der Waals surface area contributed by atoms with E-state index in [0.29, 0.717) is 18.9 Å². The third-order valence-corrected chi connectivity index (χ3v) is 10.4. The van der Waals surface area contributed by atoms with Gasteiger partial charge in [0.1, 0.15) is 5.78 Å². The molecule has 6 nitrogen and oxygen atoms in total. The zero-order valence-corrected chi connectivity index (χ0v) is 18.1. The number of rotatable bonds is 2. The molecule has 3 unspecified atom stereocenters. The molecule has 1 N–H and O–H groups in total. The summed E-state index contributed by atoms with van der Waals surface area (Å²) in [5, 5.41) is 11.6. The van der Waals surface area contributed by atoms with Crippen LogP contribution in [0.1, 0.15) is 51.9 Å². The number of aliphatic hydroxyl groups is 1. The summed E-state index contributed by atoms with van der Waals surface area (Å²) in [7, 11) is 0. The number of fused-ring (bicyclic) bond motifs is 2. The Morgan fingerprint density at radius 3 is 2.67 bits per heavy atom. The summed E-state index contributed by atoms with van der Waals surface area (Å²) in [6, 6.07) is 0. The molecule has 7 fully saturated rings. The second-order valence-electron chi connectivity index (χ2n) is 11.4. The van der Waals surface area contributed by atoms with Gasteiger partial charge < -0.3 is 14.6 Å². The zero-order chi connectivity index (χ0) is 20.7. The van der Waals surface area contributed by atoms with Crippen molar-refractivity contribution in [2.24, 2.45) is 39.9 Å². The van der Waals surface area contributed by atoms with E-state index in [1.54, 1.807) is 0 Å². The highest BCUT2D eigenvalue weighted by molar-refractivity contribution is 5.92. The number of cyclic esters (lactones) is 1. The third-order valence-electron chi connectivity index (χ3n) is 10.4. The highest BCUT2D eigenvalue weighted by Crippen LogP contribution is 2.72. The van der Waals surface area contributed by atoms with Crippen molar-refractivity contribution in [2.45, 2.75) is 58.0 Å². The number of aliphatic hydroxyl groups excluding tert-OH is 1. The van der Waals surface area contributed by atoms with Gasteiger partial charge >= 0.3 is 5.97 Å². The quantitative estimate of drug-likeness (QED) is 0.693. The van der Waals surface area contributed by atoms with Crippen molar-refractivity contribution in [3.8, 4) is 0 Å². The summed E-state index contributed by atoms with van der Waals surface area (Å²) < 4.78 is 11.3. The van der Waals surface area contributed by atoms with Crippen LogP contribution in [-0.4, -0.2) is 67.3 Å². The molecule has 30 heavy (non-hydrogen) atoms. The maximum absolute atomic E-state index is 14.1. The van der Waals surface area contributed by atoms with Crippen LogP contribution in [0.25, 0.3) is 0 Å². The summed E-state index contributed by atoms with van der Waals surface area (Å²) in [6.07, 6.45) is 5.53. The van der Waals surface area contributed by atoms with Crippen LogP contribution < -0.4 is 0 Å². The first-order valence-electron chi connectivity index (χ1n) is 12.1. The number of ketones is 1. The van der Waals surface area contributed by atoms with Gasteiger partial charge in [-0.05, 0) is 56.3 Å². The van der Waals surface area contributed by atoms with Crippen LogP contribution in [0.15, 0.2) is 0 Å². The summed E-state index contributed by atoms with van der Waals surface area (Å²) in [4.78, 5) is 29.8. The van der Waals surface area contributed by atoms with Gasteiger partial charge in [0.15, 0.2) is 0 Å². The van der Waals surface area contributed by atoms with E-state index in [1.807, 2.05) is 0 Å². The molecule has 2 saturated heterocycles. The normalized spacial score (nSPS) is 53.1. The second kappa shape index (κ2) is 6.52. The standard InChI is InChI=1S/C24H35NO5/c1-22-4-2-5-23(21(28)30-14-22)17(22)12-19(26)24-6-3-15(11-18(23)24)16(20(24)27)13-25-7-9-29-10-8-25/h15-19,26H,2-14H2,1H3/t15-,16-,17?,18?,19+,22-,23-,24?/m0/s1. The van der Waals surface area contributed by atoms with Crippen LogP contribution in [0.2, 0.25) is 0 Å². The molecule has 5 aliphatic carbocycles. The largest absolute Gasteiger partial charge is 0.465 e. The Labute approximate surface area is 178 Å². The zero-order valence-electron chi connectivity index (χ0n) is 18.1. The lowest BCUT2D eigenvalue weighted by Gasteiger charge is -2.70. The number of nitrogens with zero attached hydrogens (tertiary/aromatic N) is 1. The maximum atomic E-state index is 14.1. The van der Waals surface area contributed by atoms with E-state index in [0.717, 1.165) is 71.4 Å². The molecular weight excluding hydrogens is 382 g/mol. The van der Waals surface area contributed by atoms with Crippen molar-refractivity contribution in [2.75, 3.05) is 39.5 Å². The van der Waals surface area contributed by atoms with Crippen molar-refractivity contribution >= 4 is 11.8 Å². The SMILES string of the molecule is C[C@]12CCC[C@@]3(C(=O)OC1)C1C[C@@H]4CCC1(C(=O)[C@H]4CN1CCOCC1)[C@H](O)CC23. The first-order chi connectivity index (χ1) is 14.4. The van der Waals surface area contributed by atoms with E-state index in [1.165, 1.54) is 0 Å². The lowest BCUT2D eigenvalue weighted by atomic mass is 9.34. The molecule has 6 heteroatoms. The van der Waals surface area contributed by atoms with Crippen molar-refractivity contribution in [3.05, 3.63) is 0 Å². The number of hydrogen-bond donors (Lipinski definition) is 1. The van der Waals surface area contributed by atoms with Gasteiger partial charge in [-0.1, -0.05) is 13.3 Å². The Balaban J connectivity index is 1.38. The number of hydrogen-bond acceptors (Lipinski definition) is 6. The minimum Gasteiger partial charge on any atom is -0.465 e. The maximum Gasteiger partial charge on any atom is 0.312 e. The van der Waals surface area contributed by atoms with Gasteiger partial charge in [-0.3, -0.25) is 14.5 Å². The topological polar surface area (TPSA) is 76.1 Å². The number of ether oxygens (including phenoxy) is 2. The molecule has 0 aromatic heterocycles. The van der Waals surface area contributed by atoms with Gasteiger partial charge in [0, 0.05) is 31.0 Å². The number of esters is 1. The molecule has 0 radical (unpaired) electrons. The highest BCUT2D eigenvalue weighted by atomic mass is 16.5. The van der Waals surface area contributed by atoms with E-state index in [4.69, 9.17) is 9.47 Å². The molecule has 0 aromatic rings. The molecule has 7 rings (SSSR count). The average Bonchev–Trinajstić information content (AvgIpc) is 2.75. The van der Waals surface area contributed by atoms with Crippen LogP contribution in [0, 0.1) is 39.9 Å². The molecule has 166 valence electrons. The number of Topliss-reactive ketones (excluding diaryl/α,β-unsaturated/α-hetero) is 1. The molecular formula is C24H35NO5. The minimum atomic E-state index is -0.739. The van der Waals surface area contributed by atoms with Crippen LogP contribution in [0.4, 0.5) is 0 Å². The van der Waals surface area contributed by atoms with Gasteiger partial charge in [-0.15, -0.1) is 0 Å². The van der Waals surface area contributed by atoms with E-state index >= 15 is 0 Å². The average molecular weight is 418 g/mol. The number of morpholine rings is 1. The monoisotopic (exact) mass is 417 g/mol. The van der Waals surface area contributed by atoms with Crippen molar-refractivity contribution in [3.63, 3.8) is 0 Å². The Bertz CT molecular complexity index is 765. The van der Waals surface area contributed by atoms with Gasteiger partial charge in [-0.2, -0.15) is 0 Å². The molecule has 1 spiro atoms. The van der Waals surface area contributed by atoms with Crippen molar-refractivity contribution in [1.82, 2.24) is 4.90 Å². The summed E-state index contributed by atoms with van der Waals surface area (Å²) in [5.41, 5.74) is -1.35. The fourth-order valence-electron chi connectivity index (χ4n) is 9.00. The predicted octanol–water partition coefficient (Wildman–Crippen LogP) is 2.03. The fourth-order valence-corrected chi connectivity index (χ4v) is 9.00. The Morgan fingerprint density at radius 2 is 1.87 bits per heavy atom. The molecule has 5 saturated carbocycles. The summed E-state index contributed by atoms with van der Waals surface area (Å²) >= 11 is 0. The number of carbonyl (C=O) groups excluding carboxylic acids is 2. The summed E-state index contributed by atoms with van der Waals surface area (Å²) in [6.45, 7) is 6.73. The van der Waals surface area contributed by atoms with Gasteiger partial charge in [-0.25, -0.2) is 0 Å². The van der Waals surface area contributed by atoms with Crippen LogP contribution in [-0.2, 0) is 19.1 Å². The molecule has 8 atom stereocenters. The molecule has 0 aromatic carbocycles. The smallest absolute Gasteiger partial charge is 0.312 e. The number of carbonyl (C=O) groups is 2. The van der Waals surface area contributed by atoms with Crippen molar-refractivity contribution in [1.29, 1.82) is 0 Å². The van der Waals surface area contributed by atoms with Crippen LogP contribution in [0.5, 0.6) is 0 Å². The minimum absolute atomic E-state index is 0.00900. The fraction of sp³-hybridized carbons (Fsp3) is 0.917. The van der Waals surface area contributed by atoms with E-state index < -0.39 is 16.9 Å². The molecule has 2 aliphatic heterocycles. The molecule has 0 amide bonds. The lowest BCUT2D eigenvalue weighted by Crippen LogP contribution is -2.74. The Morgan fingerprint density at radius 1 is 1.07 bits per heavy atom. The summed E-state index contributed by atoms with van der Waals surface area (Å²) in [5.74, 6) is 0.619. The second-order valence-corrected chi connectivity index (χ2v) is 11.4. The van der Waals surface area contributed by atoms with Crippen LogP contribution >= 0.6 is 0 Å². The lowest BCUT2D eigenvalue weighted by molar-refractivity contribution is -0.262. The first-order valence-corrected chi connectivity index (χ1v) is 12.1. The van der Waals surface area contributed by atoms with E-state index in [2.05, 4.69) is 11.8 Å². The first kappa shape index (κ1) is 19.7. The molecule has 2 heterocycles. The molecule has 7 aliphatic rings. The Kier molecular flexibility index (Phi) is 4.28. The Hall–Kier alpha value is -0.980. The van der Waals surface area contributed by atoms with Crippen molar-refractivity contribution < 1.29 is 24.2 Å². The van der Waals surface area contributed by atoms with Gasteiger partial charge in [0.25, 0.3) is 0 Å². The molecule has 4 bridgehead atoms. The third kappa shape index (κ3) is 2.31. The van der Waals surface area contributed by atoms with E-state index in [-0.39, 0.29) is 34.9 Å². The van der Waals surface area contributed by atoms with Gasteiger partial charge in [0.2, 0.25) is 0 Å². The predicted molar refractivity (Wildman–Crippen MR) is 108 cm³/mol. The van der Waals surface area contributed by atoms with Crippen LogP contribution in [0.3, 0.4) is 0 Å².